The molecule has 3 rings (SSSR count). The van der Waals surface area contributed by atoms with Crippen LogP contribution in [0.1, 0.15) is 10.6 Å². The lowest BCUT2D eigenvalue weighted by Crippen LogP contribution is -2.10. The van der Waals surface area contributed by atoms with Crippen LogP contribution in [0.5, 0.6) is 0 Å². The molecule has 0 aliphatic carbocycles. The van der Waals surface area contributed by atoms with Crippen molar-refractivity contribution >= 4 is 23.0 Å². The van der Waals surface area contributed by atoms with Crippen LogP contribution in [-0.2, 0) is 0 Å². The lowest BCUT2D eigenvalue weighted by Gasteiger charge is -2.08. The van der Waals surface area contributed by atoms with Gasteiger partial charge in [-0.25, -0.2) is 4.39 Å². The minimum absolute atomic E-state index is 0.244. The molecule has 0 fully saturated rings. The number of para-hydroxylation sites is 1. The van der Waals surface area contributed by atoms with Gasteiger partial charge in [0, 0.05) is 11.4 Å². The third kappa shape index (κ3) is 3.15. The van der Waals surface area contributed by atoms with E-state index in [1.165, 1.54) is 12.3 Å². The van der Waals surface area contributed by atoms with Crippen LogP contribution in [0.15, 0.2) is 71.3 Å². The Kier molecular flexibility index (Phi) is 3.87. The SMILES string of the molecule is O=C(Nc1ccc(Nc2ccccc2F)cc1)c1ccco1. The number of carbonyl (C=O) groups is 1. The molecule has 0 spiro atoms. The van der Waals surface area contributed by atoms with Crippen LogP contribution in [0.25, 0.3) is 0 Å². The first-order chi connectivity index (χ1) is 10.7. The Morgan fingerprint density at radius 3 is 2.32 bits per heavy atom. The van der Waals surface area contributed by atoms with Crippen molar-refractivity contribution < 1.29 is 13.6 Å². The van der Waals surface area contributed by atoms with E-state index in [4.69, 9.17) is 4.42 Å². The number of carbonyl (C=O) groups excluding carboxylic acids is 1. The highest BCUT2D eigenvalue weighted by molar-refractivity contribution is 6.02. The topological polar surface area (TPSA) is 54.3 Å². The van der Waals surface area contributed by atoms with Gasteiger partial charge < -0.3 is 15.1 Å². The van der Waals surface area contributed by atoms with Gasteiger partial charge in [-0.1, -0.05) is 12.1 Å². The summed E-state index contributed by atoms with van der Waals surface area (Å²) in [5.41, 5.74) is 1.75. The minimum atomic E-state index is -0.322. The van der Waals surface area contributed by atoms with E-state index in [0.717, 1.165) is 5.69 Å². The van der Waals surface area contributed by atoms with Gasteiger partial charge in [0.2, 0.25) is 0 Å². The van der Waals surface area contributed by atoms with Crippen LogP contribution < -0.4 is 10.6 Å². The van der Waals surface area contributed by atoms with Gasteiger partial charge in [0.05, 0.1) is 12.0 Å². The van der Waals surface area contributed by atoms with Gasteiger partial charge in [-0.3, -0.25) is 4.79 Å². The van der Waals surface area contributed by atoms with Gasteiger partial charge >= 0.3 is 0 Å². The third-order valence-corrected chi connectivity index (χ3v) is 3.04. The zero-order valence-electron chi connectivity index (χ0n) is 11.5. The van der Waals surface area contributed by atoms with Crippen molar-refractivity contribution in [1.82, 2.24) is 0 Å². The van der Waals surface area contributed by atoms with E-state index >= 15 is 0 Å². The van der Waals surface area contributed by atoms with E-state index in [-0.39, 0.29) is 17.5 Å². The zero-order chi connectivity index (χ0) is 15.4. The summed E-state index contributed by atoms with van der Waals surface area (Å²) < 4.78 is 18.6. The van der Waals surface area contributed by atoms with Crippen LogP contribution in [0.2, 0.25) is 0 Å². The van der Waals surface area contributed by atoms with Crippen LogP contribution >= 0.6 is 0 Å². The fourth-order valence-electron chi connectivity index (χ4n) is 1.96. The largest absolute Gasteiger partial charge is 0.459 e. The van der Waals surface area contributed by atoms with Crippen molar-refractivity contribution in [3.63, 3.8) is 0 Å². The second-order valence-corrected chi connectivity index (χ2v) is 4.61. The van der Waals surface area contributed by atoms with Crippen LogP contribution in [0.3, 0.4) is 0 Å². The lowest BCUT2D eigenvalue weighted by molar-refractivity contribution is 0.0996. The normalized spacial score (nSPS) is 10.2. The summed E-state index contributed by atoms with van der Waals surface area (Å²) in [6.07, 6.45) is 1.44. The summed E-state index contributed by atoms with van der Waals surface area (Å²) in [7, 11) is 0. The molecule has 0 saturated carbocycles. The molecule has 4 nitrogen and oxygen atoms in total. The monoisotopic (exact) mass is 296 g/mol. The second kappa shape index (κ2) is 6.13. The molecule has 2 aromatic carbocycles. The van der Waals surface area contributed by atoms with Crippen molar-refractivity contribution in [2.45, 2.75) is 0 Å². The fourth-order valence-corrected chi connectivity index (χ4v) is 1.96. The number of halogens is 1. The summed E-state index contributed by atoms with van der Waals surface area (Å²) in [5.74, 6) is -0.397. The number of furan rings is 1. The molecule has 3 aromatic rings. The highest BCUT2D eigenvalue weighted by atomic mass is 19.1. The van der Waals surface area contributed by atoms with Crippen LogP contribution in [0.4, 0.5) is 21.5 Å². The number of benzene rings is 2. The van der Waals surface area contributed by atoms with Gasteiger partial charge in [-0.2, -0.15) is 0 Å². The third-order valence-electron chi connectivity index (χ3n) is 3.04. The van der Waals surface area contributed by atoms with Gasteiger partial charge in [-0.05, 0) is 48.5 Å². The maximum absolute atomic E-state index is 13.6. The van der Waals surface area contributed by atoms with Crippen molar-refractivity contribution in [2.75, 3.05) is 10.6 Å². The molecule has 1 heterocycles. The fraction of sp³-hybridized carbons (Fsp3) is 0. The Labute approximate surface area is 126 Å². The maximum atomic E-state index is 13.6. The average Bonchev–Trinajstić information content (AvgIpc) is 3.06. The Balaban J connectivity index is 1.68. The van der Waals surface area contributed by atoms with E-state index in [2.05, 4.69) is 10.6 Å². The molecule has 0 radical (unpaired) electrons. The quantitative estimate of drug-likeness (QED) is 0.749. The van der Waals surface area contributed by atoms with Crippen molar-refractivity contribution in [3.8, 4) is 0 Å². The molecule has 0 saturated heterocycles. The first-order valence-corrected chi connectivity index (χ1v) is 6.69. The highest BCUT2D eigenvalue weighted by Crippen LogP contribution is 2.21. The lowest BCUT2D eigenvalue weighted by atomic mass is 10.2. The molecule has 0 aliphatic heterocycles. The van der Waals surface area contributed by atoms with Crippen LogP contribution in [-0.4, -0.2) is 5.91 Å². The van der Waals surface area contributed by atoms with Gasteiger partial charge in [0.25, 0.3) is 5.91 Å². The van der Waals surface area contributed by atoms with Crippen molar-refractivity contribution in [2.24, 2.45) is 0 Å². The van der Waals surface area contributed by atoms with E-state index in [9.17, 15) is 9.18 Å². The maximum Gasteiger partial charge on any atom is 0.291 e. The number of hydrogen-bond donors (Lipinski definition) is 2. The summed E-state index contributed by atoms with van der Waals surface area (Å²) in [4.78, 5) is 11.8. The standard InChI is InChI=1S/C17H13FN2O2/c18-14-4-1-2-5-15(14)19-12-7-9-13(10-8-12)20-17(21)16-6-3-11-22-16/h1-11,19H,(H,20,21). The van der Waals surface area contributed by atoms with Crippen LogP contribution in [0, 0.1) is 5.82 Å². The molecule has 0 atom stereocenters. The average molecular weight is 296 g/mol. The summed E-state index contributed by atoms with van der Waals surface area (Å²) in [6.45, 7) is 0. The molecule has 0 bridgehead atoms. The van der Waals surface area contributed by atoms with Gasteiger partial charge in [0.15, 0.2) is 5.76 Å². The molecular weight excluding hydrogens is 283 g/mol. The van der Waals surface area contributed by atoms with Gasteiger partial charge in [0.1, 0.15) is 5.82 Å². The van der Waals surface area contributed by atoms with E-state index in [1.807, 2.05) is 0 Å². The summed E-state index contributed by atoms with van der Waals surface area (Å²) in [6, 6.07) is 16.6. The molecule has 110 valence electrons. The molecule has 22 heavy (non-hydrogen) atoms. The predicted octanol–water partition coefficient (Wildman–Crippen LogP) is 4.41. The zero-order valence-corrected chi connectivity index (χ0v) is 11.5. The number of amides is 1. The number of hydrogen-bond acceptors (Lipinski definition) is 3. The Morgan fingerprint density at radius 1 is 0.909 bits per heavy atom. The van der Waals surface area contributed by atoms with E-state index in [0.29, 0.717) is 11.4 Å². The molecule has 0 aliphatic rings. The number of rotatable bonds is 4. The van der Waals surface area contributed by atoms with Gasteiger partial charge in [-0.15, -0.1) is 0 Å². The molecule has 5 heteroatoms. The summed E-state index contributed by atoms with van der Waals surface area (Å²) >= 11 is 0. The molecule has 2 N–H and O–H groups in total. The number of nitrogens with one attached hydrogen (secondary N) is 2. The smallest absolute Gasteiger partial charge is 0.291 e. The molecule has 1 aromatic heterocycles. The molecular formula is C17H13FN2O2. The molecule has 1 amide bonds. The van der Waals surface area contributed by atoms with E-state index in [1.54, 1.807) is 54.6 Å². The minimum Gasteiger partial charge on any atom is -0.459 e. The van der Waals surface area contributed by atoms with Crippen molar-refractivity contribution in [1.29, 1.82) is 0 Å². The first-order valence-electron chi connectivity index (χ1n) is 6.69. The number of anilines is 3. The second-order valence-electron chi connectivity index (χ2n) is 4.61. The van der Waals surface area contributed by atoms with Crippen molar-refractivity contribution in [3.05, 3.63) is 78.5 Å². The summed E-state index contributed by atoms with van der Waals surface area (Å²) in [5, 5.41) is 5.69. The molecule has 0 unspecified atom stereocenters. The first kappa shape index (κ1) is 13.9. The Bertz CT molecular complexity index is 768. The highest BCUT2D eigenvalue weighted by Gasteiger charge is 2.08. The Hall–Kier alpha value is -3.08. The van der Waals surface area contributed by atoms with E-state index < -0.39 is 0 Å². The predicted molar refractivity (Wildman–Crippen MR) is 82.8 cm³/mol. The Morgan fingerprint density at radius 2 is 1.64 bits per heavy atom.